The van der Waals surface area contributed by atoms with Gasteiger partial charge in [-0.2, -0.15) is 0 Å². The molecule has 1 aromatic heterocycles. The van der Waals surface area contributed by atoms with Gasteiger partial charge in [-0.15, -0.1) is 0 Å². The van der Waals surface area contributed by atoms with Gasteiger partial charge >= 0.3 is 0 Å². The Morgan fingerprint density at radius 2 is 1.76 bits per heavy atom. The second-order valence-electron chi connectivity index (χ2n) is 8.81. The highest BCUT2D eigenvalue weighted by atomic mass is 32.2. The van der Waals surface area contributed by atoms with Crippen LogP contribution in [0.2, 0.25) is 0 Å². The highest BCUT2D eigenvalue weighted by molar-refractivity contribution is 7.89. The Hall–Kier alpha value is -3.43. The summed E-state index contributed by atoms with van der Waals surface area (Å²) in [4.78, 5) is 18.0. The maximum Gasteiger partial charge on any atom is 0.240 e. The summed E-state index contributed by atoms with van der Waals surface area (Å²) >= 11 is 0. The molecule has 1 saturated carbocycles. The van der Waals surface area contributed by atoms with E-state index >= 15 is 0 Å². The molecule has 34 heavy (non-hydrogen) atoms. The first-order valence-electron chi connectivity index (χ1n) is 11.1. The van der Waals surface area contributed by atoms with E-state index in [1.54, 1.807) is 44.2 Å². The number of amides is 1. The molecule has 178 valence electrons. The van der Waals surface area contributed by atoms with E-state index in [4.69, 9.17) is 9.47 Å². The van der Waals surface area contributed by atoms with Crippen LogP contribution in [-0.2, 0) is 20.2 Å². The second kappa shape index (κ2) is 8.41. The number of fused-ring (bicyclic) bond motifs is 1. The van der Waals surface area contributed by atoms with Crippen molar-refractivity contribution < 1.29 is 24.1 Å². The van der Waals surface area contributed by atoms with E-state index in [2.05, 4.69) is 15.0 Å². The summed E-state index contributed by atoms with van der Waals surface area (Å²) in [5.41, 5.74) is 1.68. The Bertz CT molecular complexity index is 1360. The fourth-order valence-corrected chi connectivity index (χ4v) is 5.30. The van der Waals surface area contributed by atoms with Crippen molar-refractivity contribution in [2.24, 2.45) is 0 Å². The second-order valence-corrected chi connectivity index (χ2v) is 10.5. The average Bonchev–Trinajstić information content (AvgIpc) is 3.49. The zero-order valence-corrected chi connectivity index (χ0v) is 19.7. The van der Waals surface area contributed by atoms with Gasteiger partial charge in [-0.1, -0.05) is 24.3 Å². The number of rotatable bonds is 7. The molecule has 0 spiro atoms. The van der Waals surface area contributed by atoms with Crippen LogP contribution in [0.3, 0.4) is 0 Å². The molecular weight excluding hydrogens is 454 g/mol. The lowest BCUT2D eigenvalue weighted by molar-refractivity contribution is -0.118. The van der Waals surface area contributed by atoms with Gasteiger partial charge in [-0.25, -0.2) is 18.1 Å². The average molecular weight is 482 g/mol. The number of carbonyl (C=O) groups is 1. The largest absolute Gasteiger partial charge is 0.454 e. The molecule has 8 nitrogen and oxygen atoms in total. The van der Waals surface area contributed by atoms with Gasteiger partial charge in [-0.3, -0.25) is 4.79 Å². The van der Waals surface area contributed by atoms with Crippen molar-refractivity contribution in [1.82, 2.24) is 9.71 Å². The maximum absolute atomic E-state index is 13.2. The number of benzene rings is 2. The molecule has 1 aliphatic carbocycles. The summed E-state index contributed by atoms with van der Waals surface area (Å²) in [5, 5.41) is 2.95. The van der Waals surface area contributed by atoms with Crippen molar-refractivity contribution in [3.05, 3.63) is 66.2 Å². The third kappa shape index (κ3) is 4.24. The normalized spacial score (nSPS) is 15.9. The Balaban J connectivity index is 0.00000289. The summed E-state index contributed by atoms with van der Waals surface area (Å²) < 4.78 is 38.1. The number of sulfonamides is 1. The summed E-state index contributed by atoms with van der Waals surface area (Å²) in [7, 11) is -3.57. The molecule has 0 radical (unpaired) electrons. The van der Waals surface area contributed by atoms with E-state index in [0.29, 0.717) is 23.0 Å². The first kappa shape index (κ1) is 22.4. The molecular formula is C25H27N3O5S. The Labute approximate surface area is 199 Å². The quantitative estimate of drug-likeness (QED) is 0.527. The van der Waals surface area contributed by atoms with Crippen LogP contribution in [0.25, 0.3) is 11.3 Å². The zero-order valence-electron chi connectivity index (χ0n) is 18.9. The molecule has 1 fully saturated rings. The molecule has 9 heteroatoms. The number of nitrogens with zero attached hydrogens (tertiary/aromatic N) is 1. The number of pyridine rings is 1. The van der Waals surface area contributed by atoms with Gasteiger partial charge in [-0.05, 0) is 68.7 Å². The van der Waals surface area contributed by atoms with E-state index in [0.717, 1.165) is 24.0 Å². The fourth-order valence-electron chi connectivity index (χ4n) is 4.05. The molecule has 0 bridgehead atoms. The van der Waals surface area contributed by atoms with Crippen LogP contribution in [0, 0.1) is 0 Å². The van der Waals surface area contributed by atoms with E-state index in [-0.39, 0.29) is 25.1 Å². The molecule has 3 aromatic rings. The molecule has 0 unspecified atom stereocenters. The molecule has 2 N–H and O–H groups in total. The standard InChI is InChI=1S/C25H25N3O5S.H2/c1-16(2)28-34(30,31)19-9-6-17(7-10-19)20-4-3-5-23(26-20)27-24(29)25(12-13-25)18-8-11-21-22(14-18)33-15-32-21;/h3-11,14,16,28H,12-13,15H2,1-2H3,(H,26,27,29);1H. The van der Waals surface area contributed by atoms with Crippen LogP contribution in [0.1, 0.15) is 33.7 Å². The number of ether oxygens (including phenoxy) is 2. The highest BCUT2D eigenvalue weighted by Crippen LogP contribution is 2.51. The Kier molecular flexibility index (Phi) is 5.53. The maximum atomic E-state index is 13.2. The summed E-state index contributed by atoms with van der Waals surface area (Å²) in [6.45, 7) is 3.73. The lowest BCUT2D eigenvalue weighted by atomic mass is 9.94. The van der Waals surface area contributed by atoms with Crippen LogP contribution < -0.4 is 19.5 Å². The number of anilines is 1. The smallest absolute Gasteiger partial charge is 0.240 e. The SMILES string of the molecule is CC(C)NS(=O)(=O)c1ccc(-c2cccc(NC(=O)C3(c4ccc5c(c4)OCO5)CC3)n2)cc1.[HH]. The molecule has 2 heterocycles. The van der Waals surface area contributed by atoms with Crippen LogP contribution in [0.5, 0.6) is 11.5 Å². The molecule has 2 aromatic carbocycles. The van der Waals surface area contributed by atoms with Crippen molar-refractivity contribution in [2.75, 3.05) is 12.1 Å². The first-order valence-corrected chi connectivity index (χ1v) is 12.6. The number of carbonyl (C=O) groups excluding carboxylic acids is 1. The molecule has 2 aliphatic rings. The van der Waals surface area contributed by atoms with Gasteiger partial charge in [0.05, 0.1) is 16.0 Å². The topological polar surface area (TPSA) is 107 Å². The molecule has 1 amide bonds. The zero-order chi connectivity index (χ0) is 23.9. The van der Waals surface area contributed by atoms with Gasteiger partial charge in [0.15, 0.2) is 11.5 Å². The number of hydrogen-bond donors (Lipinski definition) is 2. The van der Waals surface area contributed by atoms with Gasteiger partial charge in [0.25, 0.3) is 0 Å². The van der Waals surface area contributed by atoms with E-state index < -0.39 is 15.4 Å². The van der Waals surface area contributed by atoms with Gasteiger partial charge in [0.1, 0.15) is 5.82 Å². The van der Waals surface area contributed by atoms with Crippen LogP contribution >= 0.6 is 0 Å². The molecule has 1 aliphatic heterocycles. The summed E-state index contributed by atoms with van der Waals surface area (Å²) in [6.07, 6.45) is 1.50. The summed E-state index contributed by atoms with van der Waals surface area (Å²) in [6, 6.07) is 17.3. The lowest BCUT2D eigenvalue weighted by Gasteiger charge is -2.16. The van der Waals surface area contributed by atoms with Gasteiger partial charge < -0.3 is 14.8 Å². The fraction of sp³-hybridized carbons (Fsp3) is 0.280. The minimum Gasteiger partial charge on any atom is -0.454 e. The van der Waals surface area contributed by atoms with Crippen molar-refractivity contribution in [3.8, 4) is 22.8 Å². The third-order valence-electron chi connectivity index (χ3n) is 5.95. The Morgan fingerprint density at radius 3 is 2.47 bits per heavy atom. The van der Waals surface area contributed by atoms with Gasteiger partial charge in [0, 0.05) is 13.0 Å². The predicted octanol–water partition coefficient (Wildman–Crippen LogP) is 4.08. The van der Waals surface area contributed by atoms with Crippen LogP contribution in [-0.4, -0.2) is 32.1 Å². The van der Waals surface area contributed by atoms with E-state index in [9.17, 15) is 13.2 Å². The molecule has 0 atom stereocenters. The van der Waals surface area contributed by atoms with Crippen molar-refractivity contribution in [1.29, 1.82) is 0 Å². The van der Waals surface area contributed by atoms with Gasteiger partial charge in [0.2, 0.25) is 22.7 Å². The van der Waals surface area contributed by atoms with Crippen LogP contribution in [0.15, 0.2) is 65.6 Å². The van der Waals surface area contributed by atoms with E-state index in [1.807, 2.05) is 30.3 Å². The number of aromatic nitrogens is 1. The van der Waals surface area contributed by atoms with Crippen molar-refractivity contribution in [2.45, 2.75) is 43.0 Å². The third-order valence-corrected chi connectivity index (χ3v) is 7.63. The number of hydrogen-bond acceptors (Lipinski definition) is 6. The van der Waals surface area contributed by atoms with Crippen LogP contribution in [0.4, 0.5) is 5.82 Å². The highest BCUT2D eigenvalue weighted by Gasteiger charge is 2.51. The van der Waals surface area contributed by atoms with E-state index in [1.165, 1.54) is 0 Å². The summed E-state index contributed by atoms with van der Waals surface area (Å²) in [5.74, 6) is 1.67. The number of nitrogens with one attached hydrogen (secondary N) is 2. The lowest BCUT2D eigenvalue weighted by Crippen LogP contribution is -2.30. The van der Waals surface area contributed by atoms with Crippen molar-refractivity contribution in [3.63, 3.8) is 0 Å². The monoisotopic (exact) mass is 481 g/mol. The minimum absolute atomic E-state index is 0. The predicted molar refractivity (Wildman–Crippen MR) is 129 cm³/mol. The Morgan fingerprint density at radius 1 is 1.03 bits per heavy atom. The molecule has 0 saturated heterocycles. The first-order chi connectivity index (χ1) is 16.3. The molecule has 5 rings (SSSR count). The minimum atomic E-state index is -3.57. The van der Waals surface area contributed by atoms with Crippen molar-refractivity contribution >= 4 is 21.7 Å².